The lowest BCUT2D eigenvalue weighted by Gasteiger charge is -2.16. The molecule has 1 aliphatic rings. The first-order valence-corrected chi connectivity index (χ1v) is 10.6. The number of rotatable bonds is 6. The van der Waals surface area contributed by atoms with Crippen LogP contribution in [-0.4, -0.2) is 34.7 Å². The van der Waals surface area contributed by atoms with Gasteiger partial charge in [-0.15, -0.1) is 0 Å². The molecule has 1 amide bonds. The summed E-state index contributed by atoms with van der Waals surface area (Å²) in [5.74, 6) is -0.742. The smallest absolute Gasteiger partial charge is 0.416 e. The maximum absolute atomic E-state index is 15.0. The molecule has 0 saturated carbocycles. The van der Waals surface area contributed by atoms with Crippen LogP contribution in [-0.2, 0) is 10.9 Å². The van der Waals surface area contributed by atoms with E-state index in [1.807, 2.05) is 0 Å². The number of aromatic nitrogens is 2. The minimum Gasteiger partial charge on any atom is -0.447 e. The van der Waals surface area contributed by atoms with Crippen molar-refractivity contribution in [3.8, 4) is 5.69 Å². The Bertz CT molecular complexity index is 1430. The first-order chi connectivity index (χ1) is 17.0. The van der Waals surface area contributed by atoms with Crippen molar-refractivity contribution in [2.24, 2.45) is 0 Å². The predicted octanol–water partition coefficient (Wildman–Crippen LogP) is 4.84. The molecule has 186 valence electrons. The second-order valence-electron chi connectivity index (χ2n) is 7.82. The van der Waals surface area contributed by atoms with Crippen LogP contribution in [0.4, 0.5) is 33.7 Å². The highest BCUT2D eigenvalue weighted by molar-refractivity contribution is 5.98. The van der Waals surface area contributed by atoms with Crippen molar-refractivity contribution < 1.29 is 27.1 Å². The van der Waals surface area contributed by atoms with Gasteiger partial charge < -0.3 is 15.5 Å². The largest absolute Gasteiger partial charge is 0.447 e. The number of cyclic esters (lactones) is 1. The third-order valence-electron chi connectivity index (χ3n) is 5.14. The summed E-state index contributed by atoms with van der Waals surface area (Å²) in [4.78, 5) is 25.6. The number of benzene rings is 2. The lowest BCUT2D eigenvalue weighted by Crippen LogP contribution is -2.23. The van der Waals surface area contributed by atoms with Gasteiger partial charge in [0.1, 0.15) is 12.3 Å². The van der Waals surface area contributed by atoms with Gasteiger partial charge in [0.2, 0.25) is 5.43 Å². The summed E-state index contributed by atoms with van der Waals surface area (Å²) < 4.78 is 60.3. The van der Waals surface area contributed by atoms with E-state index in [0.29, 0.717) is 0 Å². The fourth-order valence-corrected chi connectivity index (χ4v) is 3.51. The van der Waals surface area contributed by atoms with Crippen LogP contribution in [0, 0.1) is 11.2 Å². The van der Waals surface area contributed by atoms with Gasteiger partial charge in [-0.05, 0) is 49.4 Å². The number of hydrogen-bond donors (Lipinski definition) is 2. The van der Waals surface area contributed by atoms with Crippen molar-refractivity contribution in [3.05, 3.63) is 88.1 Å². The Hall–Kier alpha value is -4.48. The standard InChI is InChI=1S/C24H19F4N5O3/c1-14(29)11-19(30-16-4-2-3-15(12-16)24(26,27)28)22-21(34)7-8-33(31-22)20-6-5-17(13-18(20)25)32-9-10-36-23(32)35/h2-8,11-13,29-30H,9-10H2,1H3/b19-11-,29-14?. The number of carbonyl (C=O) groups excluding carboxylic acids is 1. The number of alkyl halides is 3. The number of ether oxygens (including phenoxy) is 1. The zero-order chi connectivity index (χ0) is 26.0. The van der Waals surface area contributed by atoms with E-state index in [2.05, 4.69) is 10.4 Å². The number of anilines is 2. The Balaban J connectivity index is 1.72. The number of carbonyl (C=O) groups is 1. The molecule has 0 bridgehead atoms. The van der Waals surface area contributed by atoms with Crippen molar-refractivity contribution in [2.75, 3.05) is 23.4 Å². The fourth-order valence-electron chi connectivity index (χ4n) is 3.51. The zero-order valence-electron chi connectivity index (χ0n) is 18.8. The van der Waals surface area contributed by atoms with Crippen LogP contribution in [0.1, 0.15) is 18.2 Å². The number of halogens is 4. The number of nitrogens with one attached hydrogen (secondary N) is 2. The molecular weight excluding hydrogens is 482 g/mol. The van der Waals surface area contributed by atoms with E-state index < -0.39 is 29.1 Å². The van der Waals surface area contributed by atoms with Crippen LogP contribution < -0.4 is 15.6 Å². The summed E-state index contributed by atoms with van der Waals surface area (Å²) in [7, 11) is 0. The van der Waals surface area contributed by atoms with E-state index >= 15 is 0 Å². The Morgan fingerprint density at radius 2 is 1.94 bits per heavy atom. The van der Waals surface area contributed by atoms with E-state index in [1.165, 1.54) is 48.4 Å². The van der Waals surface area contributed by atoms with E-state index in [-0.39, 0.29) is 47.3 Å². The molecule has 3 aromatic rings. The maximum Gasteiger partial charge on any atom is 0.416 e. The van der Waals surface area contributed by atoms with Gasteiger partial charge >= 0.3 is 12.3 Å². The second-order valence-corrected chi connectivity index (χ2v) is 7.82. The Labute approximate surface area is 201 Å². The molecule has 0 radical (unpaired) electrons. The molecule has 1 fully saturated rings. The van der Waals surface area contributed by atoms with Gasteiger partial charge in [-0.2, -0.15) is 18.3 Å². The predicted molar refractivity (Wildman–Crippen MR) is 125 cm³/mol. The molecule has 2 aromatic carbocycles. The van der Waals surface area contributed by atoms with E-state index in [9.17, 15) is 27.2 Å². The summed E-state index contributed by atoms with van der Waals surface area (Å²) >= 11 is 0. The minimum atomic E-state index is -4.58. The van der Waals surface area contributed by atoms with Gasteiger partial charge in [0, 0.05) is 23.7 Å². The third-order valence-corrected chi connectivity index (χ3v) is 5.14. The second kappa shape index (κ2) is 9.64. The molecule has 36 heavy (non-hydrogen) atoms. The van der Waals surface area contributed by atoms with Crippen molar-refractivity contribution in [2.45, 2.75) is 13.1 Å². The Kier molecular flexibility index (Phi) is 6.60. The van der Waals surface area contributed by atoms with E-state index in [1.54, 1.807) is 0 Å². The van der Waals surface area contributed by atoms with Crippen molar-refractivity contribution in [1.29, 1.82) is 5.41 Å². The van der Waals surface area contributed by atoms with E-state index in [0.717, 1.165) is 28.9 Å². The quantitative estimate of drug-likeness (QED) is 0.372. The zero-order valence-corrected chi connectivity index (χ0v) is 18.8. The van der Waals surface area contributed by atoms with Crippen molar-refractivity contribution >= 4 is 28.9 Å². The Morgan fingerprint density at radius 3 is 2.58 bits per heavy atom. The fraction of sp³-hybridized carbons (Fsp3) is 0.167. The number of nitrogens with zero attached hydrogens (tertiary/aromatic N) is 3. The SMILES string of the molecule is CC(=N)/C=C(\Nc1cccc(C(F)(F)F)c1)c1nn(-c2ccc(N3CCOC3=O)cc2F)ccc1=O. The van der Waals surface area contributed by atoms with Gasteiger partial charge in [0.25, 0.3) is 0 Å². The lowest BCUT2D eigenvalue weighted by atomic mass is 10.1. The molecule has 2 N–H and O–H groups in total. The highest BCUT2D eigenvalue weighted by Crippen LogP contribution is 2.31. The molecule has 1 aliphatic heterocycles. The Morgan fingerprint density at radius 1 is 1.17 bits per heavy atom. The average molecular weight is 501 g/mol. The van der Waals surface area contributed by atoms with Crippen LogP contribution in [0.25, 0.3) is 11.4 Å². The number of amides is 1. The molecule has 0 unspecified atom stereocenters. The number of hydrogen-bond acceptors (Lipinski definition) is 6. The van der Waals surface area contributed by atoms with E-state index in [4.69, 9.17) is 10.1 Å². The highest BCUT2D eigenvalue weighted by Gasteiger charge is 2.30. The molecule has 1 saturated heterocycles. The average Bonchev–Trinajstić information content (AvgIpc) is 3.24. The molecule has 0 aliphatic carbocycles. The first kappa shape index (κ1) is 24.6. The van der Waals surface area contributed by atoms with Gasteiger partial charge in [0.05, 0.1) is 23.5 Å². The van der Waals surface area contributed by atoms with Gasteiger partial charge in [-0.1, -0.05) is 6.07 Å². The molecule has 0 spiro atoms. The van der Waals surface area contributed by atoms with Gasteiger partial charge in [-0.3, -0.25) is 9.69 Å². The minimum absolute atomic E-state index is 0.00545. The molecule has 12 heteroatoms. The van der Waals surface area contributed by atoms with Crippen LogP contribution in [0.15, 0.2) is 65.6 Å². The summed E-state index contributed by atoms with van der Waals surface area (Å²) in [6, 6.07) is 9.42. The maximum atomic E-state index is 15.0. The first-order valence-electron chi connectivity index (χ1n) is 10.6. The van der Waals surface area contributed by atoms with Crippen LogP contribution in [0.2, 0.25) is 0 Å². The molecule has 0 atom stereocenters. The van der Waals surface area contributed by atoms with Crippen LogP contribution >= 0.6 is 0 Å². The topological polar surface area (TPSA) is 100 Å². The normalized spacial score (nSPS) is 14.1. The van der Waals surface area contributed by atoms with Crippen molar-refractivity contribution in [1.82, 2.24) is 9.78 Å². The third kappa shape index (κ3) is 5.27. The summed E-state index contributed by atoms with van der Waals surface area (Å²) in [5.41, 5.74) is -1.54. The molecule has 1 aromatic heterocycles. The highest BCUT2D eigenvalue weighted by atomic mass is 19.4. The van der Waals surface area contributed by atoms with Crippen LogP contribution in [0.3, 0.4) is 0 Å². The van der Waals surface area contributed by atoms with Gasteiger partial charge in [0.15, 0.2) is 11.5 Å². The van der Waals surface area contributed by atoms with Gasteiger partial charge in [-0.25, -0.2) is 13.9 Å². The molecule has 4 rings (SSSR count). The monoisotopic (exact) mass is 501 g/mol. The van der Waals surface area contributed by atoms with Crippen LogP contribution in [0.5, 0.6) is 0 Å². The summed E-state index contributed by atoms with van der Waals surface area (Å²) in [6.45, 7) is 1.88. The molecule has 2 heterocycles. The summed E-state index contributed by atoms with van der Waals surface area (Å²) in [5, 5.41) is 14.7. The lowest BCUT2D eigenvalue weighted by molar-refractivity contribution is -0.137. The van der Waals surface area contributed by atoms with Crippen molar-refractivity contribution in [3.63, 3.8) is 0 Å². The number of allylic oxidation sites excluding steroid dienone is 1. The molecule has 8 nitrogen and oxygen atoms in total. The molecular formula is C24H19F4N5O3. The summed E-state index contributed by atoms with van der Waals surface area (Å²) in [6.07, 6.45) is -2.71.